The van der Waals surface area contributed by atoms with Gasteiger partial charge in [0.2, 0.25) is 0 Å². The molecule has 1 N–H and O–H groups in total. The minimum Gasteiger partial charge on any atom is -0.311 e. The van der Waals surface area contributed by atoms with Crippen molar-refractivity contribution in [1.29, 1.82) is 0 Å². The third kappa shape index (κ3) is 4.80. The lowest BCUT2D eigenvalue weighted by atomic mass is 10.1. The van der Waals surface area contributed by atoms with Gasteiger partial charge in [0, 0.05) is 19.1 Å². The zero-order chi connectivity index (χ0) is 11.1. The largest absolute Gasteiger partial charge is 0.311 e. The van der Waals surface area contributed by atoms with Crippen molar-refractivity contribution in [1.82, 2.24) is 10.2 Å². The number of nitrogens with one attached hydrogen (secondary N) is 1. The lowest BCUT2D eigenvalue weighted by Crippen LogP contribution is -2.43. The molecule has 0 amide bonds. The van der Waals surface area contributed by atoms with Crippen LogP contribution in [-0.2, 0) is 0 Å². The second-order valence-corrected chi connectivity index (χ2v) is 4.68. The highest BCUT2D eigenvalue weighted by Gasteiger charge is 2.15. The van der Waals surface area contributed by atoms with Gasteiger partial charge in [0.25, 0.3) is 0 Å². The zero-order valence-electron chi connectivity index (χ0n) is 10.4. The number of hydrogen-bond acceptors (Lipinski definition) is 2. The van der Waals surface area contributed by atoms with Crippen molar-refractivity contribution in [2.45, 2.75) is 45.6 Å². The van der Waals surface area contributed by atoms with Crippen molar-refractivity contribution >= 4 is 0 Å². The number of rotatable bonds is 6. The zero-order valence-corrected chi connectivity index (χ0v) is 10.4. The summed E-state index contributed by atoms with van der Waals surface area (Å²) in [5, 5.41) is 3.49. The highest BCUT2D eigenvalue weighted by molar-refractivity contribution is 4.95. The van der Waals surface area contributed by atoms with Crippen LogP contribution in [0.15, 0.2) is 12.2 Å². The Hall–Kier alpha value is -0.340. The standard InChI is InChI=1S/C13H26N2/c1-4-12(2)10-14-11-13(3)15-8-6-5-7-9-15/h13-14H,2,4-11H2,1,3H3. The number of nitrogens with zero attached hydrogens (tertiary/aromatic N) is 1. The molecule has 1 unspecified atom stereocenters. The summed E-state index contributed by atoms with van der Waals surface area (Å²) < 4.78 is 0. The van der Waals surface area contributed by atoms with Gasteiger partial charge < -0.3 is 5.32 Å². The molecule has 1 aliphatic rings. The Morgan fingerprint density at radius 3 is 2.60 bits per heavy atom. The molecule has 1 atom stereocenters. The average molecular weight is 210 g/mol. The van der Waals surface area contributed by atoms with Gasteiger partial charge in [0.1, 0.15) is 0 Å². The monoisotopic (exact) mass is 210 g/mol. The van der Waals surface area contributed by atoms with Crippen LogP contribution >= 0.6 is 0 Å². The quantitative estimate of drug-likeness (QED) is 0.677. The summed E-state index contributed by atoms with van der Waals surface area (Å²) in [6.07, 6.45) is 5.27. The van der Waals surface area contributed by atoms with Crippen molar-refractivity contribution in [3.8, 4) is 0 Å². The third-order valence-corrected chi connectivity index (χ3v) is 3.33. The van der Waals surface area contributed by atoms with Crippen LogP contribution in [0.4, 0.5) is 0 Å². The van der Waals surface area contributed by atoms with E-state index in [1.807, 2.05) is 0 Å². The molecule has 0 aromatic heterocycles. The molecule has 1 rings (SSSR count). The van der Waals surface area contributed by atoms with Crippen molar-refractivity contribution in [2.24, 2.45) is 0 Å². The molecular formula is C13H26N2. The summed E-state index contributed by atoms with van der Waals surface area (Å²) in [5.74, 6) is 0. The fourth-order valence-electron chi connectivity index (χ4n) is 2.07. The molecule has 1 heterocycles. The Morgan fingerprint density at radius 1 is 1.33 bits per heavy atom. The molecule has 1 aliphatic heterocycles. The van der Waals surface area contributed by atoms with Gasteiger partial charge >= 0.3 is 0 Å². The van der Waals surface area contributed by atoms with Crippen molar-refractivity contribution in [2.75, 3.05) is 26.2 Å². The molecule has 0 bridgehead atoms. The van der Waals surface area contributed by atoms with E-state index < -0.39 is 0 Å². The Morgan fingerprint density at radius 2 is 2.00 bits per heavy atom. The van der Waals surface area contributed by atoms with E-state index in [0.29, 0.717) is 6.04 Å². The van der Waals surface area contributed by atoms with Gasteiger partial charge in [0.05, 0.1) is 0 Å². The molecule has 0 aliphatic carbocycles. The molecular weight excluding hydrogens is 184 g/mol. The molecule has 0 aromatic carbocycles. The van der Waals surface area contributed by atoms with Gasteiger partial charge in [-0.1, -0.05) is 25.5 Å². The smallest absolute Gasteiger partial charge is 0.0192 e. The number of likely N-dealkylation sites (tertiary alicyclic amines) is 1. The predicted octanol–water partition coefficient (Wildman–Crippen LogP) is 2.42. The van der Waals surface area contributed by atoms with E-state index in [1.165, 1.54) is 37.9 Å². The van der Waals surface area contributed by atoms with Crippen molar-refractivity contribution < 1.29 is 0 Å². The van der Waals surface area contributed by atoms with Gasteiger partial charge in [-0.2, -0.15) is 0 Å². The maximum Gasteiger partial charge on any atom is 0.0192 e. The van der Waals surface area contributed by atoms with Crippen LogP contribution < -0.4 is 5.32 Å². The maximum absolute atomic E-state index is 4.01. The Kier molecular flexibility index (Phi) is 5.96. The van der Waals surface area contributed by atoms with E-state index in [1.54, 1.807) is 0 Å². The van der Waals surface area contributed by atoms with Crippen LogP contribution in [0.2, 0.25) is 0 Å². The molecule has 0 spiro atoms. The number of hydrogen-bond donors (Lipinski definition) is 1. The summed E-state index contributed by atoms with van der Waals surface area (Å²) in [6.45, 7) is 13.2. The summed E-state index contributed by atoms with van der Waals surface area (Å²) in [6, 6.07) is 0.676. The first-order chi connectivity index (χ1) is 7.24. The second-order valence-electron chi connectivity index (χ2n) is 4.68. The molecule has 0 aromatic rings. The number of piperidine rings is 1. The minimum absolute atomic E-state index is 0.676. The molecule has 0 saturated carbocycles. The SMILES string of the molecule is C=C(CC)CNCC(C)N1CCCCC1. The molecule has 88 valence electrons. The molecule has 0 radical (unpaired) electrons. The molecule has 15 heavy (non-hydrogen) atoms. The van der Waals surface area contributed by atoms with Crippen LogP contribution in [0.5, 0.6) is 0 Å². The lowest BCUT2D eigenvalue weighted by molar-refractivity contribution is 0.171. The lowest BCUT2D eigenvalue weighted by Gasteiger charge is -2.32. The predicted molar refractivity (Wildman–Crippen MR) is 67.2 cm³/mol. The fourth-order valence-corrected chi connectivity index (χ4v) is 2.07. The van der Waals surface area contributed by atoms with E-state index in [-0.39, 0.29) is 0 Å². The van der Waals surface area contributed by atoms with Crippen molar-refractivity contribution in [3.05, 3.63) is 12.2 Å². The average Bonchev–Trinajstić information content (AvgIpc) is 2.29. The van der Waals surface area contributed by atoms with E-state index in [0.717, 1.165) is 19.5 Å². The van der Waals surface area contributed by atoms with E-state index in [2.05, 4.69) is 30.6 Å². The first-order valence-corrected chi connectivity index (χ1v) is 6.35. The van der Waals surface area contributed by atoms with Gasteiger partial charge in [0.15, 0.2) is 0 Å². The summed E-state index contributed by atoms with van der Waals surface area (Å²) >= 11 is 0. The third-order valence-electron chi connectivity index (χ3n) is 3.33. The highest BCUT2D eigenvalue weighted by atomic mass is 15.2. The normalized spacial score (nSPS) is 20.1. The van der Waals surface area contributed by atoms with Crippen LogP contribution in [0.3, 0.4) is 0 Å². The van der Waals surface area contributed by atoms with Gasteiger partial charge in [-0.05, 0) is 39.3 Å². The van der Waals surface area contributed by atoms with Gasteiger partial charge in [-0.15, -0.1) is 0 Å². The Bertz CT molecular complexity index is 183. The van der Waals surface area contributed by atoms with Gasteiger partial charge in [-0.3, -0.25) is 4.90 Å². The Balaban J connectivity index is 2.11. The molecule has 2 nitrogen and oxygen atoms in total. The van der Waals surface area contributed by atoms with E-state index >= 15 is 0 Å². The molecule has 1 fully saturated rings. The van der Waals surface area contributed by atoms with Crippen LogP contribution in [0, 0.1) is 0 Å². The first kappa shape index (κ1) is 12.7. The molecule has 2 heteroatoms. The molecule has 1 saturated heterocycles. The van der Waals surface area contributed by atoms with Crippen LogP contribution in [-0.4, -0.2) is 37.1 Å². The fraction of sp³-hybridized carbons (Fsp3) is 0.846. The van der Waals surface area contributed by atoms with Crippen molar-refractivity contribution in [3.63, 3.8) is 0 Å². The highest BCUT2D eigenvalue weighted by Crippen LogP contribution is 2.11. The summed E-state index contributed by atoms with van der Waals surface area (Å²) in [7, 11) is 0. The van der Waals surface area contributed by atoms with E-state index in [4.69, 9.17) is 0 Å². The van der Waals surface area contributed by atoms with Crippen LogP contribution in [0.1, 0.15) is 39.5 Å². The topological polar surface area (TPSA) is 15.3 Å². The Labute approximate surface area is 94.7 Å². The second kappa shape index (κ2) is 7.02. The summed E-state index contributed by atoms with van der Waals surface area (Å²) in [5.41, 5.74) is 1.31. The van der Waals surface area contributed by atoms with Crippen LogP contribution in [0.25, 0.3) is 0 Å². The van der Waals surface area contributed by atoms with E-state index in [9.17, 15) is 0 Å². The maximum atomic E-state index is 4.01. The summed E-state index contributed by atoms with van der Waals surface area (Å²) in [4.78, 5) is 2.60. The minimum atomic E-state index is 0.676. The first-order valence-electron chi connectivity index (χ1n) is 6.35. The van der Waals surface area contributed by atoms with Gasteiger partial charge in [-0.25, -0.2) is 0 Å².